The minimum atomic E-state index is 0.668. The lowest BCUT2D eigenvalue weighted by Crippen LogP contribution is -1.99. The number of pyridine rings is 1. The van der Waals surface area contributed by atoms with Crippen molar-refractivity contribution < 1.29 is 0 Å². The molecule has 0 radical (unpaired) electrons. The van der Waals surface area contributed by atoms with Gasteiger partial charge in [0.25, 0.3) is 0 Å². The van der Waals surface area contributed by atoms with Crippen LogP contribution in [0.1, 0.15) is 37.4 Å². The van der Waals surface area contributed by atoms with Crippen LogP contribution in [-0.4, -0.2) is 9.38 Å². The van der Waals surface area contributed by atoms with Gasteiger partial charge in [0.15, 0.2) is 0 Å². The predicted octanol–water partition coefficient (Wildman–Crippen LogP) is 3.75. The fourth-order valence-corrected chi connectivity index (χ4v) is 2.81. The van der Waals surface area contributed by atoms with Gasteiger partial charge in [0, 0.05) is 16.6 Å². The molecule has 1 saturated carbocycles. The van der Waals surface area contributed by atoms with E-state index in [1.807, 2.05) is 6.20 Å². The first-order chi connectivity index (χ1) is 7.34. The van der Waals surface area contributed by atoms with Crippen molar-refractivity contribution in [3.8, 4) is 0 Å². The Balaban J connectivity index is 2.13. The van der Waals surface area contributed by atoms with E-state index < -0.39 is 0 Å². The van der Waals surface area contributed by atoms with Crippen molar-refractivity contribution in [1.82, 2.24) is 9.38 Å². The van der Waals surface area contributed by atoms with E-state index in [2.05, 4.69) is 43.6 Å². The van der Waals surface area contributed by atoms with Crippen molar-refractivity contribution in [2.45, 2.75) is 31.6 Å². The summed E-state index contributed by atoms with van der Waals surface area (Å²) in [5, 5.41) is 0. The molecule has 1 aliphatic carbocycles. The van der Waals surface area contributed by atoms with Gasteiger partial charge < -0.3 is 4.40 Å². The fraction of sp³-hybridized carbons (Fsp3) is 0.417. The van der Waals surface area contributed by atoms with Gasteiger partial charge in [0.05, 0.1) is 11.7 Å². The Labute approximate surface area is 97.5 Å². The van der Waals surface area contributed by atoms with E-state index in [9.17, 15) is 0 Å². The normalized spacial score (nSPS) is 17.7. The summed E-state index contributed by atoms with van der Waals surface area (Å²) >= 11 is 3.51. The van der Waals surface area contributed by atoms with E-state index in [1.54, 1.807) is 0 Å². The second-order valence-electron chi connectivity index (χ2n) is 4.24. The Morgan fingerprint density at radius 1 is 1.27 bits per heavy atom. The third kappa shape index (κ3) is 1.59. The zero-order valence-electron chi connectivity index (χ0n) is 8.49. The van der Waals surface area contributed by atoms with Gasteiger partial charge in [-0.05, 0) is 40.9 Å². The number of nitrogens with zero attached hydrogens (tertiary/aromatic N) is 2. The summed E-state index contributed by atoms with van der Waals surface area (Å²) in [6.07, 6.45) is 9.40. The minimum Gasteiger partial charge on any atom is -0.302 e. The Morgan fingerprint density at radius 2 is 2.07 bits per heavy atom. The number of hydrogen-bond donors (Lipinski definition) is 0. The first kappa shape index (κ1) is 9.40. The van der Waals surface area contributed by atoms with Gasteiger partial charge in [-0.25, -0.2) is 4.98 Å². The molecule has 0 aromatic carbocycles. The second kappa shape index (κ2) is 3.63. The number of fused-ring (bicyclic) bond motifs is 1. The van der Waals surface area contributed by atoms with Crippen molar-refractivity contribution in [3.05, 3.63) is 34.8 Å². The smallest absolute Gasteiger partial charge is 0.116 e. The quantitative estimate of drug-likeness (QED) is 0.767. The molecule has 2 heterocycles. The third-order valence-electron chi connectivity index (χ3n) is 3.24. The van der Waals surface area contributed by atoms with Crippen LogP contribution in [0.5, 0.6) is 0 Å². The Morgan fingerprint density at radius 3 is 2.87 bits per heavy atom. The molecule has 0 spiro atoms. The maximum absolute atomic E-state index is 4.56. The molecule has 0 N–H and O–H groups in total. The SMILES string of the molecule is Brc1ccc2cnc(C3CCCC3)n2c1. The Kier molecular flexibility index (Phi) is 2.28. The molecule has 78 valence electrons. The minimum absolute atomic E-state index is 0.668. The summed E-state index contributed by atoms with van der Waals surface area (Å²) in [5.74, 6) is 1.91. The summed E-state index contributed by atoms with van der Waals surface area (Å²) < 4.78 is 3.34. The van der Waals surface area contributed by atoms with Crippen molar-refractivity contribution in [1.29, 1.82) is 0 Å². The monoisotopic (exact) mass is 264 g/mol. The molecule has 1 fully saturated rings. The van der Waals surface area contributed by atoms with Crippen LogP contribution in [0.3, 0.4) is 0 Å². The Bertz CT molecular complexity index is 483. The van der Waals surface area contributed by atoms with Gasteiger partial charge in [-0.15, -0.1) is 0 Å². The second-order valence-corrected chi connectivity index (χ2v) is 5.16. The fourth-order valence-electron chi connectivity index (χ4n) is 2.47. The highest BCUT2D eigenvalue weighted by atomic mass is 79.9. The molecular weight excluding hydrogens is 252 g/mol. The molecule has 0 saturated heterocycles. The average Bonchev–Trinajstić information content (AvgIpc) is 2.83. The van der Waals surface area contributed by atoms with Crippen molar-refractivity contribution in [3.63, 3.8) is 0 Å². The highest BCUT2D eigenvalue weighted by Crippen LogP contribution is 2.33. The molecule has 0 atom stereocenters. The van der Waals surface area contributed by atoms with Crippen LogP contribution in [0.25, 0.3) is 5.52 Å². The molecule has 2 nitrogen and oxygen atoms in total. The maximum Gasteiger partial charge on any atom is 0.116 e. The summed E-state index contributed by atoms with van der Waals surface area (Å²) in [5.41, 5.74) is 1.19. The predicted molar refractivity (Wildman–Crippen MR) is 64.1 cm³/mol. The highest BCUT2D eigenvalue weighted by Gasteiger charge is 2.21. The largest absolute Gasteiger partial charge is 0.302 e. The van der Waals surface area contributed by atoms with E-state index in [-0.39, 0.29) is 0 Å². The van der Waals surface area contributed by atoms with Crippen molar-refractivity contribution >= 4 is 21.4 Å². The molecule has 0 unspecified atom stereocenters. The molecule has 3 heteroatoms. The number of rotatable bonds is 1. The van der Waals surface area contributed by atoms with E-state index >= 15 is 0 Å². The third-order valence-corrected chi connectivity index (χ3v) is 3.71. The van der Waals surface area contributed by atoms with E-state index in [0.717, 1.165) is 4.47 Å². The molecule has 0 amide bonds. The number of imidazole rings is 1. The zero-order valence-corrected chi connectivity index (χ0v) is 10.1. The lowest BCUT2D eigenvalue weighted by molar-refractivity contribution is 0.664. The lowest BCUT2D eigenvalue weighted by atomic mass is 10.1. The van der Waals surface area contributed by atoms with Crippen molar-refractivity contribution in [2.24, 2.45) is 0 Å². The van der Waals surface area contributed by atoms with Crippen LogP contribution in [0.2, 0.25) is 0 Å². The Hall–Kier alpha value is -0.830. The van der Waals surface area contributed by atoms with Crippen LogP contribution in [0, 0.1) is 0 Å². The number of halogens is 1. The molecule has 2 aromatic heterocycles. The summed E-state index contributed by atoms with van der Waals surface area (Å²) in [6, 6.07) is 4.17. The molecule has 15 heavy (non-hydrogen) atoms. The topological polar surface area (TPSA) is 17.3 Å². The van der Waals surface area contributed by atoms with Crippen LogP contribution in [-0.2, 0) is 0 Å². The first-order valence-corrected chi connectivity index (χ1v) is 6.26. The molecule has 3 rings (SSSR count). The zero-order chi connectivity index (χ0) is 10.3. The van der Waals surface area contributed by atoms with Gasteiger partial charge in [-0.3, -0.25) is 0 Å². The van der Waals surface area contributed by atoms with Gasteiger partial charge in [0.1, 0.15) is 5.82 Å². The van der Waals surface area contributed by atoms with Crippen molar-refractivity contribution in [2.75, 3.05) is 0 Å². The van der Waals surface area contributed by atoms with Crippen LogP contribution in [0.4, 0.5) is 0 Å². The molecule has 0 aliphatic heterocycles. The standard InChI is InChI=1S/C12H13BrN2/c13-10-5-6-11-7-14-12(15(11)8-10)9-3-1-2-4-9/h5-9H,1-4H2. The summed E-state index contributed by atoms with van der Waals surface area (Å²) in [7, 11) is 0. The molecule has 1 aliphatic rings. The van der Waals surface area contributed by atoms with E-state index in [4.69, 9.17) is 0 Å². The summed E-state index contributed by atoms with van der Waals surface area (Å²) in [4.78, 5) is 4.56. The van der Waals surface area contributed by atoms with E-state index in [0.29, 0.717) is 5.92 Å². The molecule has 2 aromatic rings. The summed E-state index contributed by atoms with van der Waals surface area (Å²) in [6.45, 7) is 0. The average molecular weight is 265 g/mol. The molecule has 0 bridgehead atoms. The maximum atomic E-state index is 4.56. The van der Waals surface area contributed by atoms with Crippen LogP contribution >= 0.6 is 15.9 Å². The van der Waals surface area contributed by atoms with Crippen LogP contribution in [0.15, 0.2) is 29.0 Å². The lowest BCUT2D eigenvalue weighted by Gasteiger charge is -2.07. The van der Waals surface area contributed by atoms with E-state index in [1.165, 1.54) is 37.0 Å². The van der Waals surface area contributed by atoms with Gasteiger partial charge in [-0.2, -0.15) is 0 Å². The van der Waals surface area contributed by atoms with Gasteiger partial charge in [-0.1, -0.05) is 12.8 Å². The number of hydrogen-bond acceptors (Lipinski definition) is 1. The molecular formula is C12H13BrN2. The van der Waals surface area contributed by atoms with Gasteiger partial charge in [0.2, 0.25) is 0 Å². The van der Waals surface area contributed by atoms with Crippen LogP contribution < -0.4 is 0 Å². The highest BCUT2D eigenvalue weighted by molar-refractivity contribution is 9.10. The van der Waals surface area contributed by atoms with Gasteiger partial charge >= 0.3 is 0 Å². The first-order valence-electron chi connectivity index (χ1n) is 5.47. The number of aromatic nitrogens is 2.